The maximum absolute atomic E-state index is 12.6. The van der Waals surface area contributed by atoms with E-state index >= 15 is 0 Å². The van der Waals surface area contributed by atoms with Gasteiger partial charge in [0, 0.05) is 17.5 Å². The van der Waals surface area contributed by atoms with E-state index in [4.69, 9.17) is 0 Å². The molecule has 3 heterocycles. The van der Waals surface area contributed by atoms with E-state index in [1.54, 1.807) is 11.3 Å². The Kier molecular flexibility index (Phi) is 4.56. The van der Waals surface area contributed by atoms with Crippen LogP contribution in [0.25, 0.3) is 0 Å². The molecular weight excluding hydrogens is 320 g/mol. The van der Waals surface area contributed by atoms with Crippen LogP contribution in [0.4, 0.5) is 0 Å². The van der Waals surface area contributed by atoms with Crippen molar-refractivity contribution in [3.63, 3.8) is 0 Å². The first-order valence-corrected chi connectivity index (χ1v) is 10.4. The van der Waals surface area contributed by atoms with Crippen molar-refractivity contribution in [2.24, 2.45) is 0 Å². The highest BCUT2D eigenvalue weighted by atomic mass is 32.2. The number of likely N-dealkylation sites (N-methyl/N-ethyl adjacent to an activating group) is 1. The van der Waals surface area contributed by atoms with Crippen LogP contribution in [-0.4, -0.2) is 61.8 Å². The van der Waals surface area contributed by atoms with Crippen molar-refractivity contribution in [3.05, 3.63) is 22.4 Å². The Labute approximate surface area is 135 Å². The average molecular weight is 342 g/mol. The number of likely N-dealkylation sites (tertiary alicyclic amines) is 1. The van der Waals surface area contributed by atoms with Crippen LogP contribution in [0.3, 0.4) is 0 Å². The third kappa shape index (κ3) is 3.36. The van der Waals surface area contributed by atoms with E-state index < -0.39 is 9.84 Å². The number of hydrogen-bond acceptors (Lipinski definition) is 5. The standard InChI is InChI=1S/C15H22N2O3S2/c1-16(12-6-9-22(19,20)11-12)10-15(18)17-7-2-4-13(17)14-5-3-8-21-14/h3,5,8,12-13H,2,4,6-7,9-11H2,1H3. The van der Waals surface area contributed by atoms with E-state index in [1.807, 2.05) is 28.3 Å². The van der Waals surface area contributed by atoms with Crippen LogP contribution >= 0.6 is 11.3 Å². The van der Waals surface area contributed by atoms with E-state index in [0.29, 0.717) is 13.0 Å². The highest BCUT2D eigenvalue weighted by Gasteiger charge is 2.34. The fourth-order valence-corrected chi connectivity index (χ4v) is 6.08. The maximum Gasteiger partial charge on any atom is 0.237 e. The Balaban J connectivity index is 1.62. The molecule has 0 spiro atoms. The molecule has 0 aromatic carbocycles. The molecular formula is C15H22N2O3S2. The molecule has 0 radical (unpaired) electrons. The molecule has 2 aliphatic rings. The molecule has 0 N–H and O–H groups in total. The summed E-state index contributed by atoms with van der Waals surface area (Å²) in [7, 11) is -1.05. The van der Waals surface area contributed by atoms with Gasteiger partial charge >= 0.3 is 0 Å². The molecule has 2 aliphatic heterocycles. The van der Waals surface area contributed by atoms with E-state index in [-0.39, 0.29) is 29.5 Å². The zero-order valence-electron chi connectivity index (χ0n) is 12.8. The fraction of sp³-hybridized carbons (Fsp3) is 0.667. The zero-order valence-corrected chi connectivity index (χ0v) is 14.4. The third-order valence-corrected chi connectivity index (χ3v) is 7.39. The normalized spacial score (nSPS) is 27.6. The molecule has 1 aromatic heterocycles. The Morgan fingerprint density at radius 3 is 2.91 bits per heavy atom. The lowest BCUT2D eigenvalue weighted by atomic mass is 10.2. The molecule has 122 valence electrons. The first-order valence-electron chi connectivity index (χ1n) is 7.70. The first-order chi connectivity index (χ1) is 10.5. The van der Waals surface area contributed by atoms with Crippen LogP contribution in [0.2, 0.25) is 0 Å². The van der Waals surface area contributed by atoms with Crippen molar-refractivity contribution >= 4 is 27.1 Å². The second kappa shape index (κ2) is 6.29. The monoisotopic (exact) mass is 342 g/mol. The van der Waals surface area contributed by atoms with E-state index in [1.165, 1.54) is 4.88 Å². The summed E-state index contributed by atoms with van der Waals surface area (Å²) in [5.74, 6) is 0.547. The Morgan fingerprint density at radius 1 is 1.45 bits per heavy atom. The van der Waals surface area contributed by atoms with E-state index in [0.717, 1.165) is 19.4 Å². The van der Waals surface area contributed by atoms with Crippen LogP contribution in [0, 0.1) is 0 Å². The van der Waals surface area contributed by atoms with Gasteiger partial charge in [-0.25, -0.2) is 8.42 Å². The predicted octanol–water partition coefficient (Wildman–Crippen LogP) is 1.53. The first kappa shape index (κ1) is 16.0. The van der Waals surface area contributed by atoms with Crippen LogP contribution in [0.1, 0.15) is 30.2 Å². The van der Waals surface area contributed by atoms with Gasteiger partial charge in [0.25, 0.3) is 0 Å². The number of carbonyl (C=O) groups is 1. The van der Waals surface area contributed by atoms with Crippen molar-refractivity contribution in [3.8, 4) is 0 Å². The highest BCUT2D eigenvalue weighted by molar-refractivity contribution is 7.91. The molecule has 2 saturated heterocycles. The second-order valence-electron chi connectivity index (χ2n) is 6.23. The van der Waals surface area contributed by atoms with Gasteiger partial charge in [0.2, 0.25) is 5.91 Å². The molecule has 2 unspecified atom stereocenters. The average Bonchev–Trinajstić information content (AvgIpc) is 3.17. The molecule has 1 aromatic rings. The van der Waals surface area contributed by atoms with Gasteiger partial charge in [-0.15, -0.1) is 11.3 Å². The molecule has 7 heteroatoms. The minimum Gasteiger partial charge on any atom is -0.334 e. The molecule has 2 atom stereocenters. The molecule has 2 fully saturated rings. The molecule has 22 heavy (non-hydrogen) atoms. The summed E-state index contributed by atoms with van der Waals surface area (Å²) >= 11 is 1.70. The van der Waals surface area contributed by atoms with Gasteiger partial charge in [-0.05, 0) is 37.8 Å². The van der Waals surface area contributed by atoms with Crippen LogP contribution < -0.4 is 0 Å². The van der Waals surface area contributed by atoms with Crippen molar-refractivity contribution in [1.82, 2.24) is 9.80 Å². The zero-order chi connectivity index (χ0) is 15.7. The Bertz CT molecular complexity index is 627. The van der Waals surface area contributed by atoms with Gasteiger partial charge in [-0.3, -0.25) is 9.69 Å². The summed E-state index contributed by atoms with van der Waals surface area (Å²) < 4.78 is 23.1. The van der Waals surface area contributed by atoms with Gasteiger partial charge < -0.3 is 4.90 Å². The summed E-state index contributed by atoms with van der Waals surface area (Å²) in [6, 6.07) is 4.30. The number of thiophene rings is 1. The summed E-state index contributed by atoms with van der Waals surface area (Å²) in [6.07, 6.45) is 2.70. The second-order valence-corrected chi connectivity index (χ2v) is 9.44. The quantitative estimate of drug-likeness (QED) is 0.833. The van der Waals surface area contributed by atoms with Gasteiger partial charge in [0.1, 0.15) is 0 Å². The number of rotatable bonds is 4. The molecule has 5 nitrogen and oxygen atoms in total. The third-order valence-electron chi connectivity index (χ3n) is 4.66. The number of amides is 1. The van der Waals surface area contributed by atoms with E-state index in [2.05, 4.69) is 6.07 Å². The highest BCUT2D eigenvalue weighted by Crippen LogP contribution is 2.34. The van der Waals surface area contributed by atoms with Gasteiger partial charge in [0.05, 0.1) is 24.1 Å². The van der Waals surface area contributed by atoms with Crippen molar-refractivity contribution in [2.75, 3.05) is 31.6 Å². The lowest BCUT2D eigenvalue weighted by Gasteiger charge is -2.28. The minimum atomic E-state index is -2.91. The van der Waals surface area contributed by atoms with Crippen molar-refractivity contribution in [1.29, 1.82) is 0 Å². The lowest BCUT2D eigenvalue weighted by Crippen LogP contribution is -2.42. The summed E-state index contributed by atoms with van der Waals surface area (Å²) in [5.41, 5.74) is 0. The smallest absolute Gasteiger partial charge is 0.237 e. The van der Waals surface area contributed by atoms with Crippen LogP contribution in [0.15, 0.2) is 17.5 Å². The predicted molar refractivity (Wildman–Crippen MR) is 87.7 cm³/mol. The molecule has 1 amide bonds. The Hall–Kier alpha value is -0.920. The largest absolute Gasteiger partial charge is 0.334 e. The van der Waals surface area contributed by atoms with Crippen molar-refractivity contribution in [2.45, 2.75) is 31.3 Å². The molecule has 3 rings (SSSR count). The summed E-state index contributed by atoms with van der Waals surface area (Å²) in [6.45, 7) is 1.11. The Morgan fingerprint density at radius 2 is 2.27 bits per heavy atom. The molecule has 0 saturated carbocycles. The van der Waals surface area contributed by atoms with Gasteiger partial charge in [-0.2, -0.15) is 0 Å². The summed E-state index contributed by atoms with van der Waals surface area (Å²) in [5, 5.41) is 2.05. The number of nitrogens with zero attached hydrogens (tertiary/aromatic N) is 2. The maximum atomic E-state index is 12.6. The SMILES string of the molecule is CN(CC(=O)N1CCCC1c1cccs1)C1CCS(=O)(=O)C1. The molecule has 0 bridgehead atoms. The van der Waals surface area contributed by atoms with E-state index in [9.17, 15) is 13.2 Å². The van der Waals surface area contributed by atoms with Crippen LogP contribution in [-0.2, 0) is 14.6 Å². The fourth-order valence-electron chi connectivity index (χ4n) is 3.40. The minimum absolute atomic E-state index is 0.0169. The topological polar surface area (TPSA) is 57.7 Å². The number of hydrogen-bond donors (Lipinski definition) is 0. The number of sulfone groups is 1. The summed E-state index contributed by atoms with van der Waals surface area (Å²) in [4.78, 5) is 17.7. The van der Waals surface area contributed by atoms with Gasteiger partial charge in [0.15, 0.2) is 9.84 Å². The molecule has 0 aliphatic carbocycles. The van der Waals surface area contributed by atoms with Crippen LogP contribution in [0.5, 0.6) is 0 Å². The number of carbonyl (C=O) groups excluding carboxylic acids is 1. The van der Waals surface area contributed by atoms with Gasteiger partial charge in [-0.1, -0.05) is 6.07 Å². The van der Waals surface area contributed by atoms with Crippen molar-refractivity contribution < 1.29 is 13.2 Å². The lowest BCUT2D eigenvalue weighted by molar-refractivity contribution is -0.133.